The maximum atomic E-state index is 13.0. The van der Waals surface area contributed by atoms with E-state index in [1.165, 1.54) is 4.90 Å². The lowest BCUT2D eigenvalue weighted by molar-refractivity contribution is -0.143. The van der Waals surface area contributed by atoms with Crippen LogP contribution in [0.1, 0.15) is 32.3 Å². The van der Waals surface area contributed by atoms with Gasteiger partial charge in [0.2, 0.25) is 5.91 Å². The molecule has 0 aromatic heterocycles. The van der Waals surface area contributed by atoms with Gasteiger partial charge in [0.1, 0.15) is 11.8 Å². The molecule has 1 unspecified atom stereocenters. The molecule has 2 amide bonds. The first-order chi connectivity index (χ1) is 14.0. The molecule has 0 aliphatic heterocycles. The van der Waals surface area contributed by atoms with Crippen LogP contribution in [0.2, 0.25) is 10.0 Å². The zero-order valence-corrected chi connectivity index (χ0v) is 18.2. The van der Waals surface area contributed by atoms with Crippen LogP contribution in [-0.4, -0.2) is 35.9 Å². The van der Waals surface area contributed by atoms with Crippen LogP contribution < -0.4 is 10.1 Å². The van der Waals surface area contributed by atoms with E-state index in [1.807, 2.05) is 32.0 Å². The third-order valence-corrected chi connectivity index (χ3v) is 4.98. The van der Waals surface area contributed by atoms with Crippen LogP contribution in [-0.2, 0) is 16.1 Å². The molecule has 1 atom stereocenters. The Morgan fingerprint density at radius 1 is 1.10 bits per heavy atom. The molecule has 29 heavy (non-hydrogen) atoms. The van der Waals surface area contributed by atoms with E-state index >= 15 is 0 Å². The number of halogens is 2. The number of carbonyl (C=O) groups excluding carboxylic acids is 2. The Hall–Kier alpha value is -2.24. The number of para-hydroxylation sites is 1. The van der Waals surface area contributed by atoms with Crippen LogP contribution in [0.25, 0.3) is 0 Å². The van der Waals surface area contributed by atoms with Gasteiger partial charge >= 0.3 is 0 Å². The lowest BCUT2D eigenvalue weighted by atomic mass is 10.1. The summed E-state index contributed by atoms with van der Waals surface area (Å²) < 4.78 is 5.61. The van der Waals surface area contributed by atoms with Gasteiger partial charge in [0.05, 0.1) is 0 Å². The Balaban J connectivity index is 2.22. The lowest BCUT2D eigenvalue weighted by Gasteiger charge is -2.30. The van der Waals surface area contributed by atoms with Crippen molar-refractivity contribution < 1.29 is 14.3 Å². The first-order valence-corrected chi connectivity index (χ1v) is 10.4. The monoisotopic (exact) mass is 436 g/mol. The molecule has 0 aliphatic carbocycles. The SMILES string of the molecule is CCCNC(=O)C(CC)N(Cc1ccc(Cl)cc1Cl)C(=O)COc1ccccc1. The highest BCUT2D eigenvalue weighted by Gasteiger charge is 2.29. The van der Waals surface area contributed by atoms with E-state index in [9.17, 15) is 9.59 Å². The zero-order chi connectivity index (χ0) is 21.2. The molecule has 0 bridgehead atoms. The Labute approximate surface area is 181 Å². The number of nitrogens with one attached hydrogen (secondary N) is 1. The molecule has 2 aromatic carbocycles. The van der Waals surface area contributed by atoms with Gasteiger partial charge in [0, 0.05) is 23.1 Å². The molecule has 0 heterocycles. The van der Waals surface area contributed by atoms with Crippen LogP contribution in [0, 0.1) is 0 Å². The van der Waals surface area contributed by atoms with Crippen molar-refractivity contribution in [3.8, 4) is 5.75 Å². The van der Waals surface area contributed by atoms with Crippen molar-refractivity contribution in [3.63, 3.8) is 0 Å². The molecule has 2 rings (SSSR count). The number of hydrogen-bond donors (Lipinski definition) is 1. The van der Waals surface area contributed by atoms with Gasteiger partial charge in [-0.05, 0) is 42.7 Å². The summed E-state index contributed by atoms with van der Waals surface area (Å²) in [6.45, 7) is 4.42. The minimum Gasteiger partial charge on any atom is -0.484 e. The summed E-state index contributed by atoms with van der Waals surface area (Å²) in [5.74, 6) is 0.111. The minimum absolute atomic E-state index is 0.174. The molecule has 5 nitrogen and oxygen atoms in total. The number of ether oxygens (including phenoxy) is 1. The maximum Gasteiger partial charge on any atom is 0.261 e. The summed E-state index contributed by atoms with van der Waals surface area (Å²) in [5.41, 5.74) is 0.714. The summed E-state index contributed by atoms with van der Waals surface area (Å²) in [5, 5.41) is 3.83. The minimum atomic E-state index is -0.625. The Bertz CT molecular complexity index is 815. The zero-order valence-electron chi connectivity index (χ0n) is 16.7. The quantitative estimate of drug-likeness (QED) is 0.586. The van der Waals surface area contributed by atoms with E-state index in [0.29, 0.717) is 34.3 Å². The highest BCUT2D eigenvalue weighted by Crippen LogP contribution is 2.24. The number of rotatable bonds is 10. The second-order valence-corrected chi connectivity index (χ2v) is 7.42. The molecule has 0 spiro atoms. The van der Waals surface area contributed by atoms with Crippen molar-refractivity contribution in [2.75, 3.05) is 13.2 Å². The number of amides is 2. The van der Waals surface area contributed by atoms with Crippen molar-refractivity contribution in [1.29, 1.82) is 0 Å². The smallest absolute Gasteiger partial charge is 0.261 e. The first kappa shape index (κ1) is 23.0. The molecule has 0 saturated heterocycles. The third-order valence-electron chi connectivity index (χ3n) is 4.40. The average Bonchev–Trinajstić information content (AvgIpc) is 2.72. The summed E-state index contributed by atoms with van der Waals surface area (Å²) >= 11 is 12.3. The molecule has 0 saturated carbocycles. The second kappa shape index (κ2) is 11.7. The van der Waals surface area contributed by atoms with E-state index in [2.05, 4.69) is 5.32 Å². The second-order valence-electron chi connectivity index (χ2n) is 6.57. The first-order valence-electron chi connectivity index (χ1n) is 9.65. The fraction of sp³-hybridized carbons (Fsp3) is 0.364. The van der Waals surface area contributed by atoms with Crippen LogP contribution >= 0.6 is 23.2 Å². The third kappa shape index (κ3) is 6.94. The fourth-order valence-electron chi connectivity index (χ4n) is 2.86. The van der Waals surface area contributed by atoms with Gasteiger partial charge < -0.3 is 15.0 Å². The molecule has 7 heteroatoms. The van der Waals surface area contributed by atoms with Gasteiger partial charge in [-0.25, -0.2) is 0 Å². The maximum absolute atomic E-state index is 13.0. The topological polar surface area (TPSA) is 58.6 Å². The molecule has 156 valence electrons. The predicted molar refractivity (Wildman–Crippen MR) is 116 cm³/mol. The average molecular weight is 437 g/mol. The van der Waals surface area contributed by atoms with Crippen molar-refractivity contribution in [1.82, 2.24) is 10.2 Å². The molecular weight excluding hydrogens is 411 g/mol. The highest BCUT2D eigenvalue weighted by atomic mass is 35.5. The highest BCUT2D eigenvalue weighted by molar-refractivity contribution is 6.35. The molecule has 1 N–H and O–H groups in total. The number of carbonyl (C=O) groups is 2. The van der Waals surface area contributed by atoms with Crippen LogP contribution in [0.5, 0.6) is 5.75 Å². The lowest BCUT2D eigenvalue weighted by Crippen LogP contribution is -2.50. The fourth-order valence-corrected chi connectivity index (χ4v) is 3.33. The van der Waals surface area contributed by atoms with Gasteiger partial charge in [0.15, 0.2) is 6.61 Å². The van der Waals surface area contributed by atoms with Gasteiger partial charge in [-0.15, -0.1) is 0 Å². The van der Waals surface area contributed by atoms with Crippen LogP contribution in [0.4, 0.5) is 0 Å². The summed E-state index contributed by atoms with van der Waals surface area (Å²) in [6.07, 6.45) is 1.29. The summed E-state index contributed by atoms with van der Waals surface area (Å²) in [6, 6.07) is 13.6. The molecular formula is C22H26Cl2N2O3. The number of benzene rings is 2. The van der Waals surface area contributed by atoms with Crippen molar-refractivity contribution in [2.45, 2.75) is 39.3 Å². The molecule has 0 fully saturated rings. The van der Waals surface area contributed by atoms with Crippen LogP contribution in [0.15, 0.2) is 48.5 Å². The van der Waals surface area contributed by atoms with E-state index in [-0.39, 0.29) is 25.0 Å². The molecule has 0 radical (unpaired) electrons. The Morgan fingerprint density at radius 3 is 2.45 bits per heavy atom. The van der Waals surface area contributed by atoms with E-state index in [1.54, 1.807) is 30.3 Å². The van der Waals surface area contributed by atoms with Gasteiger partial charge in [0.25, 0.3) is 5.91 Å². The van der Waals surface area contributed by atoms with Gasteiger partial charge in [-0.1, -0.05) is 61.3 Å². The molecule has 2 aromatic rings. The van der Waals surface area contributed by atoms with Crippen molar-refractivity contribution in [2.24, 2.45) is 0 Å². The van der Waals surface area contributed by atoms with Crippen LogP contribution in [0.3, 0.4) is 0 Å². The Kier molecular flexibility index (Phi) is 9.29. The number of hydrogen-bond acceptors (Lipinski definition) is 3. The van der Waals surface area contributed by atoms with E-state index in [4.69, 9.17) is 27.9 Å². The standard InChI is InChI=1S/C22H26Cl2N2O3/c1-3-12-25-22(28)20(4-2)26(14-16-10-11-17(23)13-19(16)24)21(27)15-29-18-8-6-5-7-9-18/h5-11,13,20H,3-4,12,14-15H2,1-2H3,(H,25,28). The Morgan fingerprint density at radius 2 is 1.83 bits per heavy atom. The van der Waals surface area contributed by atoms with Gasteiger partial charge in [-0.2, -0.15) is 0 Å². The number of nitrogens with zero attached hydrogens (tertiary/aromatic N) is 1. The van der Waals surface area contributed by atoms with Gasteiger partial charge in [-0.3, -0.25) is 9.59 Å². The van der Waals surface area contributed by atoms with E-state index in [0.717, 1.165) is 6.42 Å². The normalized spacial score (nSPS) is 11.6. The summed E-state index contributed by atoms with van der Waals surface area (Å²) in [4.78, 5) is 27.2. The van der Waals surface area contributed by atoms with E-state index < -0.39 is 6.04 Å². The predicted octanol–water partition coefficient (Wildman–Crippen LogP) is 4.71. The summed E-state index contributed by atoms with van der Waals surface area (Å²) in [7, 11) is 0. The molecule has 0 aliphatic rings. The largest absolute Gasteiger partial charge is 0.484 e. The van der Waals surface area contributed by atoms with Crippen molar-refractivity contribution in [3.05, 3.63) is 64.1 Å². The van der Waals surface area contributed by atoms with Crippen molar-refractivity contribution >= 4 is 35.0 Å².